The summed E-state index contributed by atoms with van der Waals surface area (Å²) in [5.41, 5.74) is 7.36. The monoisotopic (exact) mass is 375 g/mol. The van der Waals surface area contributed by atoms with E-state index in [0.29, 0.717) is 17.0 Å². The van der Waals surface area contributed by atoms with Crippen LogP contribution < -0.4 is 15.8 Å². The van der Waals surface area contributed by atoms with E-state index in [1.807, 2.05) is 0 Å². The van der Waals surface area contributed by atoms with Crippen LogP contribution in [0.15, 0.2) is 54.6 Å². The van der Waals surface area contributed by atoms with Crippen LogP contribution in [0.3, 0.4) is 0 Å². The number of anilines is 1. The number of carbonyl (C=O) groups is 2. The minimum Gasteiger partial charge on any atom is -0.482 e. The standard InChI is InChI=1S/C18H17N3O4.ClH/c19-18(20)13-4-1-12(2-5-13)3-10-16(22)21-14-6-8-15(9-7-14)25-11-17(23)24;/h1-10H,11H2,(H3,19,20)(H,21,22)(H,23,24);1H/b10-3+;. The van der Waals surface area contributed by atoms with Crippen LogP contribution >= 0.6 is 12.4 Å². The number of amidine groups is 1. The van der Waals surface area contributed by atoms with Crippen LogP contribution in [-0.2, 0) is 9.59 Å². The van der Waals surface area contributed by atoms with Gasteiger partial charge in [0, 0.05) is 17.3 Å². The largest absolute Gasteiger partial charge is 0.482 e. The molecule has 136 valence electrons. The highest BCUT2D eigenvalue weighted by Crippen LogP contribution is 2.15. The van der Waals surface area contributed by atoms with E-state index in [9.17, 15) is 9.59 Å². The van der Waals surface area contributed by atoms with Gasteiger partial charge in [-0.15, -0.1) is 12.4 Å². The normalized spacial score (nSPS) is 10.0. The van der Waals surface area contributed by atoms with Gasteiger partial charge in [-0.2, -0.15) is 0 Å². The fourth-order valence-corrected chi connectivity index (χ4v) is 1.91. The molecule has 26 heavy (non-hydrogen) atoms. The van der Waals surface area contributed by atoms with Crippen LogP contribution in [0.5, 0.6) is 5.75 Å². The molecule has 0 radical (unpaired) electrons. The molecule has 0 saturated carbocycles. The van der Waals surface area contributed by atoms with Crippen LogP contribution in [-0.4, -0.2) is 29.4 Å². The molecule has 2 aromatic carbocycles. The Morgan fingerprint density at radius 2 is 1.73 bits per heavy atom. The van der Waals surface area contributed by atoms with Crippen molar-refractivity contribution >= 4 is 41.9 Å². The van der Waals surface area contributed by atoms with Crippen molar-refractivity contribution in [2.75, 3.05) is 11.9 Å². The minimum atomic E-state index is -1.06. The topological polar surface area (TPSA) is 126 Å². The third-order valence-electron chi connectivity index (χ3n) is 3.13. The first-order chi connectivity index (χ1) is 11.9. The molecule has 8 heteroatoms. The molecule has 0 spiro atoms. The second-order valence-corrected chi connectivity index (χ2v) is 5.07. The van der Waals surface area contributed by atoms with Crippen molar-refractivity contribution in [2.45, 2.75) is 0 Å². The van der Waals surface area contributed by atoms with Crippen LogP contribution in [0, 0.1) is 5.41 Å². The lowest BCUT2D eigenvalue weighted by molar-refractivity contribution is -0.139. The molecule has 0 fully saturated rings. The van der Waals surface area contributed by atoms with E-state index in [1.165, 1.54) is 6.08 Å². The number of carbonyl (C=O) groups excluding carboxylic acids is 1. The van der Waals surface area contributed by atoms with Gasteiger partial charge in [-0.1, -0.05) is 24.3 Å². The van der Waals surface area contributed by atoms with E-state index in [0.717, 1.165) is 5.56 Å². The van der Waals surface area contributed by atoms with Gasteiger partial charge in [0.2, 0.25) is 5.91 Å². The summed E-state index contributed by atoms with van der Waals surface area (Å²) >= 11 is 0. The van der Waals surface area contributed by atoms with Crippen molar-refractivity contribution in [3.63, 3.8) is 0 Å². The molecule has 7 nitrogen and oxygen atoms in total. The molecule has 0 aliphatic heterocycles. The Hall–Kier alpha value is -3.32. The molecule has 5 N–H and O–H groups in total. The summed E-state index contributed by atoms with van der Waals surface area (Å²) in [7, 11) is 0. The third-order valence-corrected chi connectivity index (χ3v) is 3.13. The molecule has 2 rings (SSSR count). The van der Waals surface area contributed by atoms with Crippen molar-refractivity contribution in [3.8, 4) is 5.75 Å². The Kier molecular flexibility index (Phi) is 7.85. The Balaban J connectivity index is 0.00000338. The molecule has 0 bridgehead atoms. The number of nitrogens with two attached hydrogens (primary N) is 1. The number of aliphatic carboxylic acids is 1. The fraction of sp³-hybridized carbons (Fsp3) is 0.0556. The zero-order chi connectivity index (χ0) is 18.2. The van der Waals surface area contributed by atoms with Crippen molar-refractivity contribution in [3.05, 3.63) is 65.7 Å². The lowest BCUT2D eigenvalue weighted by Crippen LogP contribution is -2.10. The van der Waals surface area contributed by atoms with E-state index in [1.54, 1.807) is 54.6 Å². The minimum absolute atomic E-state index is 0. The molecule has 0 unspecified atom stereocenters. The predicted molar refractivity (Wildman–Crippen MR) is 102 cm³/mol. The summed E-state index contributed by atoms with van der Waals surface area (Å²) in [6, 6.07) is 13.3. The van der Waals surface area contributed by atoms with E-state index in [4.69, 9.17) is 21.0 Å². The second-order valence-electron chi connectivity index (χ2n) is 5.07. The molecular formula is C18H18ClN3O4. The summed E-state index contributed by atoms with van der Waals surface area (Å²) < 4.78 is 5.01. The molecule has 0 atom stereocenters. The SMILES string of the molecule is Cl.N=C(N)c1ccc(/C=C/C(=O)Nc2ccc(OCC(=O)O)cc2)cc1. The van der Waals surface area contributed by atoms with E-state index in [2.05, 4.69) is 5.32 Å². The van der Waals surface area contributed by atoms with Crippen LogP contribution in [0.2, 0.25) is 0 Å². The molecule has 2 aromatic rings. The predicted octanol–water partition coefficient (Wildman–Crippen LogP) is 2.51. The number of ether oxygens (including phenoxy) is 1. The zero-order valence-corrected chi connectivity index (χ0v) is 14.5. The number of amides is 1. The number of benzene rings is 2. The molecule has 0 aliphatic carbocycles. The molecule has 0 heterocycles. The Bertz CT molecular complexity index is 802. The summed E-state index contributed by atoms with van der Waals surface area (Å²) in [6.07, 6.45) is 3.03. The van der Waals surface area contributed by atoms with Crippen LogP contribution in [0.25, 0.3) is 6.08 Å². The highest BCUT2D eigenvalue weighted by atomic mass is 35.5. The van der Waals surface area contributed by atoms with Crippen molar-refractivity contribution in [1.29, 1.82) is 5.41 Å². The summed E-state index contributed by atoms with van der Waals surface area (Å²) in [6.45, 7) is -0.420. The van der Waals surface area contributed by atoms with Crippen molar-refractivity contribution < 1.29 is 19.4 Å². The Labute approximate surface area is 156 Å². The van der Waals surface area contributed by atoms with Gasteiger partial charge in [0.25, 0.3) is 0 Å². The fourth-order valence-electron chi connectivity index (χ4n) is 1.91. The Morgan fingerprint density at radius 3 is 2.27 bits per heavy atom. The van der Waals surface area contributed by atoms with Crippen LogP contribution in [0.1, 0.15) is 11.1 Å². The average molecular weight is 376 g/mol. The highest BCUT2D eigenvalue weighted by Gasteiger charge is 2.01. The van der Waals surface area contributed by atoms with Crippen molar-refractivity contribution in [2.24, 2.45) is 5.73 Å². The van der Waals surface area contributed by atoms with E-state index >= 15 is 0 Å². The van der Waals surface area contributed by atoms with E-state index < -0.39 is 12.6 Å². The number of hydrogen-bond acceptors (Lipinski definition) is 4. The van der Waals surface area contributed by atoms with Gasteiger partial charge in [-0.3, -0.25) is 10.2 Å². The zero-order valence-electron chi connectivity index (χ0n) is 13.6. The second kappa shape index (κ2) is 9.85. The first kappa shape index (κ1) is 20.7. The van der Waals surface area contributed by atoms with Crippen molar-refractivity contribution in [1.82, 2.24) is 0 Å². The van der Waals surface area contributed by atoms with Gasteiger partial charge < -0.3 is 20.9 Å². The smallest absolute Gasteiger partial charge is 0.341 e. The number of rotatable bonds is 7. The number of hydrogen-bond donors (Lipinski definition) is 4. The number of halogens is 1. The van der Waals surface area contributed by atoms with Gasteiger partial charge >= 0.3 is 5.97 Å². The third kappa shape index (κ3) is 6.66. The maximum Gasteiger partial charge on any atom is 0.341 e. The van der Waals surface area contributed by atoms with E-state index in [-0.39, 0.29) is 24.1 Å². The highest BCUT2D eigenvalue weighted by molar-refractivity contribution is 6.02. The summed E-state index contributed by atoms with van der Waals surface area (Å²) in [5, 5.41) is 18.5. The average Bonchev–Trinajstić information content (AvgIpc) is 2.59. The molecule has 0 saturated heterocycles. The summed E-state index contributed by atoms with van der Waals surface area (Å²) in [5.74, 6) is -0.973. The molecule has 0 aliphatic rings. The first-order valence-electron chi connectivity index (χ1n) is 7.32. The lowest BCUT2D eigenvalue weighted by atomic mass is 10.1. The molecule has 1 amide bonds. The first-order valence-corrected chi connectivity index (χ1v) is 7.32. The van der Waals surface area contributed by atoms with Gasteiger partial charge in [0.1, 0.15) is 11.6 Å². The van der Waals surface area contributed by atoms with Gasteiger partial charge in [0.15, 0.2) is 6.61 Å². The maximum absolute atomic E-state index is 11.9. The Morgan fingerprint density at radius 1 is 1.12 bits per heavy atom. The lowest BCUT2D eigenvalue weighted by Gasteiger charge is -2.05. The summed E-state index contributed by atoms with van der Waals surface area (Å²) in [4.78, 5) is 22.3. The van der Waals surface area contributed by atoms with Gasteiger partial charge in [-0.05, 0) is 35.9 Å². The number of nitrogens with one attached hydrogen (secondary N) is 2. The quantitative estimate of drug-likeness (QED) is 0.336. The number of nitrogen functional groups attached to an aromatic ring is 1. The van der Waals surface area contributed by atoms with Gasteiger partial charge in [-0.25, -0.2) is 4.79 Å². The number of carboxylic acid groups (broad SMARTS) is 1. The molecular weight excluding hydrogens is 358 g/mol. The van der Waals surface area contributed by atoms with Crippen LogP contribution in [0.4, 0.5) is 5.69 Å². The number of carboxylic acids is 1. The maximum atomic E-state index is 11.9. The van der Waals surface area contributed by atoms with Gasteiger partial charge in [0.05, 0.1) is 0 Å². The molecule has 0 aromatic heterocycles.